The van der Waals surface area contributed by atoms with Crippen LogP contribution in [0.3, 0.4) is 0 Å². The van der Waals surface area contributed by atoms with Gasteiger partial charge in [-0.05, 0) is 67.2 Å². The minimum atomic E-state index is 0.269. The van der Waals surface area contributed by atoms with Gasteiger partial charge in [0, 0.05) is 12.0 Å². The molecule has 1 aliphatic rings. The topological polar surface area (TPSA) is 34.4 Å². The van der Waals surface area contributed by atoms with Gasteiger partial charge in [-0.2, -0.15) is 0 Å². The van der Waals surface area contributed by atoms with E-state index in [9.17, 15) is 0 Å². The van der Waals surface area contributed by atoms with E-state index in [0.717, 1.165) is 47.1 Å². The fourth-order valence-electron chi connectivity index (χ4n) is 3.07. The molecule has 3 nitrogen and oxygen atoms in total. The first kappa shape index (κ1) is 15.1. The highest BCUT2D eigenvalue weighted by molar-refractivity contribution is 9.10. The minimum absolute atomic E-state index is 0.269. The molecule has 114 valence electrons. The van der Waals surface area contributed by atoms with Crippen molar-refractivity contribution in [2.24, 2.45) is 0 Å². The lowest BCUT2D eigenvalue weighted by Crippen LogP contribution is -2.16. The molecule has 0 bridgehead atoms. The van der Waals surface area contributed by atoms with Crippen molar-refractivity contribution in [3.63, 3.8) is 0 Å². The molecule has 1 aromatic heterocycles. The predicted molar refractivity (Wildman–Crippen MR) is 88.5 cm³/mol. The number of furan rings is 1. The Labute approximate surface area is 134 Å². The van der Waals surface area contributed by atoms with E-state index in [2.05, 4.69) is 33.4 Å². The molecule has 0 saturated carbocycles. The highest BCUT2D eigenvalue weighted by Crippen LogP contribution is 2.31. The highest BCUT2D eigenvalue weighted by atomic mass is 79.9. The van der Waals surface area contributed by atoms with Crippen LogP contribution in [0.4, 0.5) is 0 Å². The first-order chi connectivity index (χ1) is 10.3. The molecule has 2 unspecified atom stereocenters. The zero-order chi connectivity index (χ0) is 14.7. The molecular weight excluding hydrogens is 330 g/mol. The van der Waals surface area contributed by atoms with Gasteiger partial charge in [-0.25, -0.2) is 0 Å². The predicted octanol–water partition coefficient (Wildman–Crippen LogP) is 4.81. The summed E-state index contributed by atoms with van der Waals surface area (Å²) in [6, 6.07) is 8.56. The molecule has 0 radical (unpaired) electrons. The number of ether oxygens (including phenoxy) is 1. The summed E-state index contributed by atoms with van der Waals surface area (Å²) in [4.78, 5) is 0. The van der Waals surface area contributed by atoms with E-state index < -0.39 is 0 Å². The van der Waals surface area contributed by atoms with Gasteiger partial charge >= 0.3 is 0 Å². The van der Waals surface area contributed by atoms with Crippen LogP contribution in [-0.2, 0) is 4.74 Å². The van der Waals surface area contributed by atoms with Crippen molar-refractivity contribution in [2.45, 2.75) is 44.2 Å². The van der Waals surface area contributed by atoms with Crippen LogP contribution in [0.15, 0.2) is 33.2 Å². The van der Waals surface area contributed by atoms with E-state index in [4.69, 9.17) is 9.15 Å². The molecule has 2 aromatic rings. The Kier molecular flexibility index (Phi) is 4.99. The van der Waals surface area contributed by atoms with Gasteiger partial charge in [0.2, 0.25) is 0 Å². The number of para-hydroxylation sites is 1. The second kappa shape index (κ2) is 6.95. The lowest BCUT2D eigenvalue weighted by Gasteiger charge is -2.15. The van der Waals surface area contributed by atoms with Crippen LogP contribution in [0, 0.1) is 0 Å². The number of hydrogen-bond donors (Lipinski definition) is 1. The van der Waals surface area contributed by atoms with E-state index in [1.54, 1.807) is 0 Å². The summed E-state index contributed by atoms with van der Waals surface area (Å²) in [5.74, 6) is 1.02. The summed E-state index contributed by atoms with van der Waals surface area (Å²) in [5, 5.41) is 4.53. The van der Waals surface area contributed by atoms with Crippen molar-refractivity contribution < 1.29 is 9.15 Å². The Morgan fingerprint density at radius 1 is 1.43 bits per heavy atom. The first-order valence-corrected chi connectivity index (χ1v) is 8.54. The molecule has 2 atom stereocenters. The van der Waals surface area contributed by atoms with Gasteiger partial charge in [-0.3, -0.25) is 0 Å². The highest BCUT2D eigenvalue weighted by Gasteiger charge is 2.18. The third-order valence-electron chi connectivity index (χ3n) is 4.25. The quantitative estimate of drug-likeness (QED) is 0.811. The SMILES string of the molecule is CNC(CCCC1CCCO1)c1cc2cccc(Br)c2o1. The second-order valence-electron chi connectivity index (χ2n) is 5.71. The molecule has 4 heteroatoms. The molecule has 0 aliphatic carbocycles. The normalized spacial score (nSPS) is 20.2. The Morgan fingerprint density at radius 3 is 3.05 bits per heavy atom. The van der Waals surface area contributed by atoms with E-state index in [0.29, 0.717) is 6.10 Å². The average molecular weight is 352 g/mol. The fourth-order valence-corrected chi connectivity index (χ4v) is 3.53. The van der Waals surface area contributed by atoms with Crippen LogP contribution in [0.2, 0.25) is 0 Å². The van der Waals surface area contributed by atoms with E-state index in [-0.39, 0.29) is 6.04 Å². The molecule has 0 amide bonds. The van der Waals surface area contributed by atoms with Crippen LogP contribution in [0.5, 0.6) is 0 Å². The smallest absolute Gasteiger partial charge is 0.148 e. The van der Waals surface area contributed by atoms with Crippen LogP contribution < -0.4 is 5.32 Å². The van der Waals surface area contributed by atoms with Gasteiger partial charge in [0.25, 0.3) is 0 Å². The molecule has 1 aromatic carbocycles. The molecule has 1 fully saturated rings. The van der Waals surface area contributed by atoms with Crippen LogP contribution >= 0.6 is 15.9 Å². The molecule has 3 rings (SSSR count). The fraction of sp³-hybridized carbons (Fsp3) is 0.529. The number of nitrogens with one attached hydrogen (secondary N) is 1. The lowest BCUT2D eigenvalue weighted by molar-refractivity contribution is 0.101. The van der Waals surface area contributed by atoms with Crippen molar-refractivity contribution in [2.75, 3.05) is 13.7 Å². The minimum Gasteiger partial charge on any atom is -0.458 e. The number of fused-ring (bicyclic) bond motifs is 1. The maximum absolute atomic E-state index is 6.03. The largest absolute Gasteiger partial charge is 0.458 e. The summed E-state index contributed by atoms with van der Waals surface area (Å²) in [6.45, 7) is 0.942. The maximum Gasteiger partial charge on any atom is 0.148 e. The lowest BCUT2D eigenvalue weighted by atomic mass is 10.0. The monoisotopic (exact) mass is 351 g/mol. The van der Waals surface area contributed by atoms with Crippen molar-refractivity contribution in [1.29, 1.82) is 0 Å². The van der Waals surface area contributed by atoms with Crippen molar-refractivity contribution in [1.82, 2.24) is 5.32 Å². The van der Waals surface area contributed by atoms with E-state index in [1.165, 1.54) is 12.8 Å². The van der Waals surface area contributed by atoms with Gasteiger partial charge in [0.05, 0.1) is 16.6 Å². The van der Waals surface area contributed by atoms with Gasteiger partial charge in [-0.15, -0.1) is 0 Å². The second-order valence-corrected chi connectivity index (χ2v) is 6.57. The van der Waals surface area contributed by atoms with Crippen LogP contribution in [-0.4, -0.2) is 19.8 Å². The third kappa shape index (κ3) is 3.50. The summed E-state index contributed by atoms with van der Waals surface area (Å²) >= 11 is 3.55. The Bertz CT molecular complexity index is 589. The maximum atomic E-state index is 6.03. The molecule has 1 aliphatic heterocycles. The van der Waals surface area contributed by atoms with Crippen molar-refractivity contribution in [3.8, 4) is 0 Å². The van der Waals surface area contributed by atoms with E-state index in [1.807, 2.05) is 19.2 Å². The average Bonchev–Trinajstić information content (AvgIpc) is 3.13. The van der Waals surface area contributed by atoms with Crippen LogP contribution in [0.1, 0.15) is 43.9 Å². The molecule has 1 saturated heterocycles. The third-order valence-corrected chi connectivity index (χ3v) is 4.87. The summed E-state index contributed by atoms with van der Waals surface area (Å²) in [7, 11) is 2.00. The van der Waals surface area contributed by atoms with Gasteiger partial charge in [-0.1, -0.05) is 12.1 Å². The van der Waals surface area contributed by atoms with Crippen molar-refractivity contribution >= 4 is 26.9 Å². The Morgan fingerprint density at radius 2 is 2.33 bits per heavy atom. The van der Waals surface area contributed by atoms with Crippen molar-refractivity contribution in [3.05, 3.63) is 34.5 Å². The van der Waals surface area contributed by atoms with Gasteiger partial charge in [0.1, 0.15) is 11.3 Å². The number of hydrogen-bond acceptors (Lipinski definition) is 3. The first-order valence-electron chi connectivity index (χ1n) is 7.75. The number of rotatable bonds is 6. The van der Waals surface area contributed by atoms with Crippen LogP contribution in [0.25, 0.3) is 11.0 Å². The van der Waals surface area contributed by atoms with E-state index >= 15 is 0 Å². The number of benzene rings is 1. The zero-order valence-electron chi connectivity index (χ0n) is 12.4. The van der Waals surface area contributed by atoms with Gasteiger partial charge < -0.3 is 14.5 Å². The number of halogens is 1. The molecule has 21 heavy (non-hydrogen) atoms. The molecule has 2 heterocycles. The molecule has 1 N–H and O–H groups in total. The molecule has 0 spiro atoms. The summed E-state index contributed by atoms with van der Waals surface area (Å²) in [5.41, 5.74) is 0.937. The van der Waals surface area contributed by atoms with Gasteiger partial charge in [0.15, 0.2) is 0 Å². The Balaban J connectivity index is 1.64. The Hall–Kier alpha value is -0.840. The zero-order valence-corrected chi connectivity index (χ0v) is 14.0. The molecular formula is C17H22BrNO2. The summed E-state index contributed by atoms with van der Waals surface area (Å²) in [6.07, 6.45) is 6.32. The summed E-state index contributed by atoms with van der Waals surface area (Å²) < 4.78 is 12.7. The standard InChI is InChI=1S/C17H22BrNO2/c1-19-15(9-3-6-13-7-4-10-20-13)16-11-12-5-2-8-14(18)17(12)21-16/h2,5,8,11,13,15,19H,3-4,6-7,9-10H2,1H3.